The van der Waals surface area contributed by atoms with Gasteiger partial charge in [0, 0.05) is 12.5 Å². The minimum Gasteiger partial charge on any atom is -0.480 e. The van der Waals surface area contributed by atoms with Gasteiger partial charge in [0.1, 0.15) is 6.04 Å². The minimum absolute atomic E-state index is 0.161. The van der Waals surface area contributed by atoms with Crippen molar-refractivity contribution in [3.63, 3.8) is 0 Å². The minimum atomic E-state index is -1.06. The third-order valence-corrected chi connectivity index (χ3v) is 2.14. The van der Waals surface area contributed by atoms with E-state index < -0.39 is 12.0 Å². The van der Waals surface area contributed by atoms with Crippen LogP contribution >= 0.6 is 0 Å². The smallest absolute Gasteiger partial charge is 0.326 e. The van der Waals surface area contributed by atoms with Crippen LogP contribution in [0.3, 0.4) is 0 Å². The van der Waals surface area contributed by atoms with Crippen LogP contribution in [0.2, 0.25) is 0 Å². The summed E-state index contributed by atoms with van der Waals surface area (Å²) < 4.78 is 0. The molecule has 0 rings (SSSR count). The fraction of sp³-hybridized carbons (Fsp3) is 0.636. The third kappa shape index (κ3) is 6.19. The number of hydrogen-bond acceptors (Lipinski definition) is 3. The zero-order valence-electron chi connectivity index (χ0n) is 9.61. The molecule has 0 aromatic carbocycles. The van der Waals surface area contributed by atoms with E-state index in [2.05, 4.69) is 11.9 Å². The second kappa shape index (κ2) is 7.87. The molecule has 5 nitrogen and oxygen atoms in total. The molecule has 0 bridgehead atoms. The molecule has 0 fully saturated rings. The number of hydrogen-bond donors (Lipinski definition) is 3. The van der Waals surface area contributed by atoms with Crippen LogP contribution in [-0.4, -0.2) is 29.1 Å². The summed E-state index contributed by atoms with van der Waals surface area (Å²) in [6, 6.07) is -1.11. The molecule has 0 aromatic rings. The van der Waals surface area contributed by atoms with Crippen molar-refractivity contribution < 1.29 is 14.7 Å². The van der Waals surface area contributed by atoms with Gasteiger partial charge in [0.15, 0.2) is 0 Å². The Bertz CT molecular complexity index is 254. The molecule has 4 N–H and O–H groups in total. The molecular weight excluding hydrogens is 208 g/mol. The summed E-state index contributed by atoms with van der Waals surface area (Å²) in [4.78, 5) is 22.2. The van der Waals surface area contributed by atoms with Crippen LogP contribution < -0.4 is 11.1 Å². The van der Waals surface area contributed by atoms with Gasteiger partial charge in [0.25, 0.3) is 0 Å². The van der Waals surface area contributed by atoms with E-state index in [1.165, 1.54) is 6.08 Å². The highest BCUT2D eigenvalue weighted by molar-refractivity contribution is 5.83. The Kier molecular flexibility index (Phi) is 7.20. The Morgan fingerprint density at radius 2 is 2.19 bits per heavy atom. The first-order chi connectivity index (χ1) is 7.51. The van der Waals surface area contributed by atoms with E-state index in [1.807, 2.05) is 6.92 Å². The van der Waals surface area contributed by atoms with E-state index >= 15 is 0 Å². The summed E-state index contributed by atoms with van der Waals surface area (Å²) in [7, 11) is 0. The zero-order chi connectivity index (χ0) is 12.6. The molecule has 2 unspecified atom stereocenters. The van der Waals surface area contributed by atoms with Crippen LogP contribution in [0.1, 0.15) is 32.6 Å². The van der Waals surface area contributed by atoms with Crippen LogP contribution in [0.5, 0.6) is 0 Å². The van der Waals surface area contributed by atoms with Crippen LogP contribution in [0.4, 0.5) is 0 Å². The predicted molar refractivity (Wildman–Crippen MR) is 61.9 cm³/mol. The van der Waals surface area contributed by atoms with Gasteiger partial charge in [-0.25, -0.2) is 4.79 Å². The number of rotatable bonds is 8. The number of nitrogens with one attached hydrogen (secondary N) is 1. The summed E-state index contributed by atoms with van der Waals surface area (Å²) in [6.45, 7) is 5.42. The average Bonchev–Trinajstić information content (AvgIpc) is 2.16. The summed E-state index contributed by atoms with van der Waals surface area (Å²) in [5.41, 5.74) is 5.68. The summed E-state index contributed by atoms with van der Waals surface area (Å²) in [6.07, 6.45) is 3.50. The van der Waals surface area contributed by atoms with Gasteiger partial charge in [-0.1, -0.05) is 19.4 Å². The van der Waals surface area contributed by atoms with Crippen molar-refractivity contribution in [3.05, 3.63) is 12.7 Å². The lowest BCUT2D eigenvalue weighted by molar-refractivity contribution is -0.141. The Balaban J connectivity index is 4.09. The number of nitrogens with two attached hydrogens (primary N) is 1. The second-order valence-electron chi connectivity index (χ2n) is 3.74. The lowest BCUT2D eigenvalue weighted by atomic mass is 10.1. The average molecular weight is 228 g/mol. The van der Waals surface area contributed by atoms with Crippen LogP contribution in [0.15, 0.2) is 12.7 Å². The molecule has 5 heteroatoms. The predicted octanol–water partition coefficient (Wildman–Crippen LogP) is 0.649. The quantitative estimate of drug-likeness (QED) is 0.532. The second-order valence-corrected chi connectivity index (χ2v) is 3.74. The first kappa shape index (κ1) is 14.6. The monoisotopic (exact) mass is 228 g/mol. The van der Waals surface area contributed by atoms with Crippen molar-refractivity contribution in [2.45, 2.75) is 44.7 Å². The highest BCUT2D eigenvalue weighted by Crippen LogP contribution is 2.00. The topological polar surface area (TPSA) is 92.4 Å². The number of carboxylic acids is 1. The van der Waals surface area contributed by atoms with E-state index in [4.69, 9.17) is 10.8 Å². The Labute approximate surface area is 95.7 Å². The molecule has 92 valence electrons. The molecule has 0 aromatic heterocycles. The summed E-state index contributed by atoms with van der Waals surface area (Å²) >= 11 is 0. The first-order valence-electron chi connectivity index (χ1n) is 5.39. The maximum Gasteiger partial charge on any atom is 0.326 e. The SMILES string of the molecule is C=CCC(NC(=O)CC(N)CCC)C(=O)O. The van der Waals surface area contributed by atoms with Gasteiger partial charge in [0.2, 0.25) is 5.91 Å². The molecule has 0 aliphatic carbocycles. The van der Waals surface area contributed by atoms with Gasteiger partial charge in [-0.05, 0) is 12.8 Å². The van der Waals surface area contributed by atoms with Crippen LogP contribution in [0, 0.1) is 0 Å². The van der Waals surface area contributed by atoms with E-state index in [0.29, 0.717) is 0 Å². The Hall–Kier alpha value is -1.36. The molecule has 1 amide bonds. The highest BCUT2D eigenvalue weighted by Gasteiger charge is 2.19. The van der Waals surface area contributed by atoms with Gasteiger partial charge in [-0.15, -0.1) is 6.58 Å². The highest BCUT2D eigenvalue weighted by atomic mass is 16.4. The molecule has 0 saturated carbocycles. The van der Waals surface area contributed by atoms with Crippen molar-refractivity contribution in [2.75, 3.05) is 0 Å². The molecule has 2 atom stereocenters. The van der Waals surface area contributed by atoms with Crippen molar-refractivity contribution in [3.8, 4) is 0 Å². The van der Waals surface area contributed by atoms with Gasteiger partial charge < -0.3 is 16.2 Å². The van der Waals surface area contributed by atoms with Crippen molar-refractivity contribution >= 4 is 11.9 Å². The molecule has 0 aliphatic heterocycles. The number of carboxylic acid groups (broad SMARTS) is 1. The number of carbonyl (C=O) groups is 2. The van der Waals surface area contributed by atoms with E-state index in [0.717, 1.165) is 12.8 Å². The van der Waals surface area contributed by atoms with Crippen LogP contribution in [0.25, 0.3) is 0 Å². The molecule has 0 aliphatic rings. The van der Waals surface area contributed by atoms with Gasteiger partial charge in [0.05, 0.1) is 0 Å². The van der Waals surface area contributed by atoms with Crippen molar-refractivity contribution in [1.29, 1.82) is 0 Å². The van der Waals surface area contributed by atoms with Gasteiger partial charge >= 0.3 is 5.97 Å². The molecule has 16 heavy (non-hydrogen) atoms. The first-order valence-corrected chi connectivity index (χ1v) is 5.39. The summed E-state index contributed by atoms with van der Waals surface area (Å²) in [5, 5.41) is 11.2. The fourth-order valence-corrected chi connectivity index (χ4v) is 1.35. The largest absolute Gasteiger partial charge is 0.480 e. The van der Waals surface area contributed by atoms with E-state index in [-0.39, 0.29) is 24.8 Å². The third-order valence-electron chi connectivity index (χ3n) is 2.14. The molecular formula is C11H20N2O3. The number of carbonyl (C=O) groups excluding carboxylic acids is 1. The van der Waals surface area contributed by atoms with Gasteiger partial charge in [-0.3, -0.25) is 4.79 Å². The lowest BCUT2D eigenvalue weighted by Crippen LogP contribution is -2.42. The number of amides is 1. The maximum atomic E-state index is 11.4. The van der Waals surface area contributed by atoms with Crippen molar-refractivity contribution in [2.24, 2.45) is 5.73 Å². The molecule has 0 saturated heterocycles. The van der Waals surface area contributed by atoms with Crippen LogP contribution in [-0.2, 0) is 9.59 Å². The van der Waals surface area contributed by atoms with Gasteiger partial charge in [-0.2, -0.15) is 0 Å². The number of aliphatic carboxylic acids is 1. The van der Waals surface area contributed by atoms with Crippen molar-refractivity contribution in [1.82, 2.24) is 5.32 Å². The Morgan fingerprint density at radius 1 is 1.56 bits per heavy atom. The van der Waals surface area contributed by atoms with E-state index in [1.54, 1.807) is 0 Å². The summed E-state index contributed by atoms with van der Waals surface area (Å²) in [5.74, 6) is -1.38. The standard InChI is InChI=1S/C11H20N2O3/c1-3-5-8(12)7-10(14)13-9(6-4-2)11(15)16/h4,8-9H,2-3,5-7,12H2,1H3,(H,13,14)(H,15,16). The normalized spacial score (nSPS) is 13.9. The lowest BCUT2D eigenvalue weighted by Gasteiger charge is -2.14. The Morgan fingerprint density at radius 3 is 2.62 bits per heavy atom. The van der Waals surface area contributed by atoms with E-state index in [9.17, 15) is 9.59 Å². The maximum absolute atomic E-state index is 11.4. The molecule has 0 heterocycles. The zero-order valence-corrected chi connectivity index (χ0v) is 9.61. The molecule has 0 radical (unpaired) electrons. The fourth-order valence-electron chi connectivity index (χ4n) is 1.35. The molecule has 0 spiro atoms.